The minimum atomic E-state index is -0.668. The fraction of sp³-hybridized carbons (Fsp3) is 0.667. The molecule has 3 N–H and O–H groups in total. The third kappa shape index (κ3) is 8.65. The number of aliphatic hydroxyl groups is 1. The molecule has 1 fully saturated rings. The van der Waals surface area contributed by atoms with Crippen molar-refractivity contribution in [1.29, 1.82) is 0 Å². The summed E-state index contributed by atoms with van der Waals surface area (Å²) in [6, 6.07) is 7.56. The molecule has 8 heteroatoms. The molecular formula is C21H36IN3O4. The molecule has 1 aromatic rings. The maximum absolute atomic E-state index is 10.6. The van der Waals surface area contributed by atoms with Crippen LogP contribution in [-0.4, -0.2) is 62.7 Å². The quantitative estimate of drug-likeness (QED) is 0.264. The molecule has 7 nitrogen and oxygen atoms in total. The molecule has 0 radical (unpaired) electrons. The van der Waals surface area contributed by atoms with Gasteiger partial charge in [-0.05, 0) is 38.5 Å². The third-order valence-electron chi connectivity index (χ3n) is 4.78. The van der Waals surface area contributed by atoms with E-state index in [0.29, 0.717) is 32.3 Å². The molecule has 1 aromatic carbocycles. The molecule has 2 rings (SSSR count). The first-order chi connectivity index (χ1) is 13.5. The van der Waals surface area contributed by atoms with Crippen LogP contribution in [0.2, 0.25) is 0 Å². The Balaban J connectivity index is 0.00000420. The van der Waals surface area contributed by atoms with Gasteiger partial charge in [-0.1, -0.05) is 12.1 Å². The van der Waals surface area contributed by atoms with Crippen molar-refractivity contribution in [2.45, 2.75) is 51.4 Å². The zero-order valence-electron chi connectivity index (χ0n) is 17.9. The van der Waals surface area contributed by atoms with Gasteiger partial charge in [-0.2, -0.15) is 0 Å². The fourth-order valence-corrected chi connectivity index (χ4v) is 3.11. The van der Waals surface area contributed by atoms with Crippen LogP contribution in [0.3, 0.4) is 0 Å². The van der Waals surface area contributed by atoms with Crippen molar-refractivity contribution in [3.05, 3.63) is 29.8 Å². The molecule has 1 aliphatic rings. The second-order valence-corrected chi connectivity index (χ2v) is 7.33. The van der Waals surface area contributed by atoms with Gasteiger partial charge in [-0.15, -0.1) is 24.0 Å². The molecule has 0 aromatic heterocycles. The molecule has 29 heavy (non-hydrogen) atoms. The molecule has 0 aliphatic carbocycles. The zero-order valence-corrected chi connectivity index (χ0v) is 20.3. The van der Waals surface area contributed by atoms with Crippen LogP contribution in [0.25, 0.3) is 0 Å². The number of methoxy groups -OCH3 is 1. The number of halogens is 1. The second-order valence-electron chi connectivity index (χ2n) is 7.33. The van der Waals surface area contributed by atoms with Crippen molar-refractivity contribution in [3.8, 4) is 5.75 Å². The molecule has 1 aliphatic heterocycles. The summed E-state index contributed by atoms with van der Waals surface area (Å²) in [4.78, 5) is 4.68. The Morgan fingerprint density at radius 3 is 2.62 bits per heavy atom. The van der Waals surface area contributed by atoms with Crippen LogP contribution < -0.4 is 15.4 Å². The topological polar surface area (TPSA) is 84.3 Å². The van der Waals surface area contributed by atoms with Gasteiger partial charge in [0.2, 0.25) is 0 Å². The van der Waals surface area contributed by atoms with Gasteiger partial charge in [0, 0.05) is 46.3 Å². The Hall–Kier alpha value is -1.10. The number of aliphatic hydroxyl groups excluding tert-OH is 1. The Morgan fingerprint density at radius 2 is 2.00 bits per heavy atom. The highest BCUT2D eigenvalue weighted by molar-refractivity contribution is 14.0. The summed E-state index contributed by atoms with van der Waals surface area (Å²) in [6.45, 7) is 9.01. The molecule has 166 valence electrons. The molecule has 1 atom stereocenters. The third-order valence-corrected chi connectivity index (χ3v) is 4.78. The SMILES string of the molecule is CCNC(=NCC1(OC)CCOCC1)NCC(O)c1cccc(OC(C)C)c1.I. The van der Waals surface area contributed by atoms with Crippen LogP contribution in [-0.2, 0) is 9.47 Å². The van der Waals surface area contributed by atoms with Gasteiger partial charge in [0.15, 0.2) is 5.96 Å². The number of hydrogen-bond donors (Lipinski definition) is 3. The van der Waals surface area contributed by atoms with Crippen molar-refractivity contribution < 1.29 is 19.3 Å². The molecule has 1 saturated heterocycles. The second kappa shape index (κ2) is 13.3. The van der Waals surface area contributed by atoms with Crippen molar-refractivity contribution in [1.82, 2.24) is 10.6 Å². The van der Waals surface area contributed by atoms with E-state index in [1.165, 1.54) is 0 Å². The van der Waals surface area contributed by atoms with Crippen LogP contribution >= 0.6 is 24.0 Å². The summed E-state index contributed by atoms with van der Waals surface area (Å²) in [5.74, 6) is 1.42. The number of guanidine groups is 1. The largest absolute Gasteiger partial charge is 0.491 e. The van der Waals surface area contributed by atoms with Gasteiger partial charge >= 0.3 is 0 Å². The van der Waals surface area contributed by atoms with Crippen molar-refractivity contribution >= 4 is 29.9 Å². The monoisotopic (exact) mass is 521 g/mol. The summed E-state index contributed by atoms with van der Waals surface area (Å²) >= 11 is 0. The molecule has 1 heterocycles. The van der Waals surface area contributed by atoms with Gasteiger partial charge in [0.25, 0.3) is 0 Å². The van der Waals surface area contributed by atoms with E-state index in [-0.39, 0.29) is 35.7 Å². The lowest BCUT2D eigenvalue weighted by Crippen LogP contribution is -2.44. The standard InChI is InChI=1S/C21H35N3O4.HI/c1-5-22-20(24-15-21(26-4)9-11-27-12-10-21)23-14-19(25)17-7-6-8-18(13-17)28-16(2)3;/h6-8,13,16,19,25H,5,9-12,14-15H2,1-4H3,(H2,22,23,24);1H. The van der Waals surface area contributed by atoms with E-state index in [9.17, 15) is 5.11 Å². The number of hydrogen-bond acceptors (Lipinski definition) is 5. The average molecular weight is 521 g/mol. The van der Waals surface area contributed by atoms with E-state index >= 15 is 0 Å². The predicted molar refractivity (Wildman–Crippen MR) is 126 cm³/mol. The summed E-state index contributed by atoms with van der Waals surface area (Å²) in [5.41, 5.74) is 0.529. The van der Waals surface area contributed by atoms with Gasteiger partial charge in [0.05, 0.1) is 24.4 Å². The lowest BCUT2D eigenvalue weighted by molar-refractivity contribution is -0.0828. The Kier molecular flexibility index (Phi) is 11.9. The molecular weight excluding hydrogens is 485 g/mol. The number of ether oxygens (including phenoxy) is 3. The van der Waals surface area contributed by atoms with Crippen molar-refractivity contribution in [2.75, 3.05) is 40.0 Å². The van der Waals surface area contributed by atoms with Gasteiger partial charge < -0.3 is 30.0 Å². The number of benzene rings is 1. The number of aliphatic imine (C=N–C) groups is 1. The smallest absolute Gasteiger partial charge is 0.191 e. The molecule has 0 spiro atoms. The number of nitrogens with zero attached hydrogens (tertiary/aromatic N) is 1. The molecule has 0 saturated carbocycles. The lowest BCUT2D eigenvalue weighted by Gasteiger charge is -2.34. The highest BCUT2D eigenvalue weighted by atomic mass is 127. The fourth-order valence-electron chi connectivity index (χ4n) is 3.11. The van der Waals surface area contributed by atoms with Crippen molar-refractivity contribution in [2.24, 2.45) is 4.99 Å². The van der Waals surface area contributed by atoms with Crippen LogP contribution in [0.4, 0.5) is 0 Å². The molecule has 1 unspecified atom stereocenters. The van der Waals surface area contributed by atoms with Gasteiger partial charge in [0.1, 0.15) is 5.75 Å². The molecule has 0 bridgehead atoms. The van der Waals surface area contributed by atoms with E-state index in [4.69, 9.17) is 14.2 Å². The number of rotatable bonds is 9. The first kappa shape index (κ1) is 25.9. The van der Waals surface area contributed by atoms with Crippen molar-refractivity contribution in [3.63, 3.8) is 0 Å². The van der Waals surface area contributed by atoms with Crippen LogP contribution in [0, 0.1) is 0 Å². The Morgan fingerprint density at radius 1 is 1.28 bits per heavy atom. The maximum Gasteiger partial charge on any atom is 0.191 e. The lowest BCUT2D eigenvalue weighted by atomic mass is 9.94. The first-order valence-corrected chi connectivity index (χ1v) is 10.1. The Labute approximate surface area is 191 Å². The average Bonchev–Trinajstić information content (AvgIpc) is 2.70. The normalized spacial score (nSPS) is 17.4. The summed E-state index contributed by atoms with van der Waals surface area (Å²) in [6.07, 6.45) is 1.09. The van der Waals surface area contributed by atoms with E-state index in [1.807, 2.05) is 45.0 Å². The molecule has 0 amide bonds. The van der Waals surface area contributed by atoms with E-state index in [2.05, 4.69) is 15.6 Å². The van der Waals surface area contributed by atoms with Crippen LogP contribution in [0.15, 0.2) is 29.3 Å². The Bertz CT molecular complexity index is 622. The summed E-state index contributed by atoms with van der Waals surface area (Å²) in [7, 11) is 1.73. The summed E-state index contributed by atoms with van der Waals surface area (Å²) in [5, 5.41) is 17.0. The first-order valence-electron chi connectivity index (χ1n) is 10.1. The highest BCUT2D eigenvalue weighted by Crippen LogP contribution is 2.24. The van der Waals surface area contributed by atoms with Crippen LogP contribution in [0.1, 0.15) is 45.3 Å². The van der Waals surface area contributed by atoms with Gasteiger partial charge in [-0.3, -0.25) is 4.99 Å². The number of nitrogens with one attached hydrogen (secondary N) is 2. The highest BCUT2D eigenvalue weighted by Gasteiger charge is 2.32. The minimum absolute atomic E-state index is 0. The van der Waals surface area contributed by atoms with Crippen LogP contribution in [0.5, 0.6) is 5.75 Å². The summed E-state index contributed by atoms with van der Waals surface area (Å²) < 4.78 is 16.9. The maximum atomic E-state index is 10.6. The van der Waals surface area contributed by atoms with E-state index in [0.717, 1.165) is 30.7 Å². The van der Waals surface area contributed by atoms with Gasteiger partial charge in [-0.25, -0.2) is 0 Å². The zero-order chi connectivity index (χ0) is 20.4. The van der Waals surface area contributed by atoms with E-state index < -0.39 is 6.10 Å². The predicted octanol–water partition coefficient (Wildman–Crippen LogP) is 2.88. The van der Waals surface area contributed by atoms with E-state index in [1.54, 1.807) is 7.11 Å². The minimum Gasteiger partial charge on any atom is -0.491 e.